The van der Waals surface area contributed by atoms with Gasteiger partial charge in [-0.3, -0.25) is 9.59 Å². The summed E-state index contributed by atoms with van der Waals surface area (Å²) in [6.07, 6.45) is 1.42. The number of anilines is 1. The van der Waals surface area contributed by atoms with Gasteiger partial charge in [-0.1, -0.05) is 48.5 Å². The van der Waals surface area contributed by atoms with Gasteiger partial charge in [0.15, 0.2) is 6.61 Å². The van der Waals surface area contributed by atoms with Crippen molar-refractivity contribution in [2.75, 3.05) is 11.5 Å². The van der Waals surface area contributed by atoms with Gasteiger partial charge in [-0.2, -0.15) is 0 Å². The van der Waals surface area contributed by atoms with Crippen molar-refractivity contribution in [1.82, 2.24) is 9.55 Å². The van der Waals surface area contributed by atoms with E-state index < -0.39 is 12.6 Å². The summed E-state index contributed by atoms with van der Waals surface area (Å²) < 4.78 is 6.72. The fourth-order valence-electron chi connectivity index (χ4n) is 3.37. The van der Waals surface area contributed by atoms with Crippen molar-refractivity contribution >= 4 is 39.1 Å². The number of rotatable bonds is 6. The Morgan fingerprint density at radius 2 is 1.72 bits per heavy atom. The largest absolute Gasteiger partial charge is 0.451 e. The van der Waals surface area contributed by atoms with Gasteiger partial charge in [0.1, 0.15) is 9.71 Å². The van der Waals surface area contributed by atoms with Gasteiger partial charge < -0.3 is 14.2 Å². The SMILES string of the molecule is Cc1c(C(=O)OCC(=O)N(Cc2ccccc2)c2ccccc2)sc2ncn(C)c(=O)c12. The van der Waals surface area contributed by atoms with E-state index >= 15 is 0 Å². The van der Waals surface area contributed by atoms with Crippen molar-refractivity contribution in [3.05, 3.63) is 93.3 Å². The quantitative estimate of drug-likeness (QED) is 0.421. The molecule has 2 heterocycles. The van der Waals surface area contributed by atoms with Gasteiger partial charge in [0, 0.05) is 12.7 Å². The van der Waals surface area contributed by atoms with E-state index in [9.17, 15) is 14.4 Å². The lowest BCUT2D eigenvalue weighted by atomic mass is 10.2. The number of para-hydroxylation sites is 1. The highest BCUT2D eigenvalue weighted by atomic mass is 32.1. The van der Waals surface area contributed by atoms with Gasteiger partial charge in [-0.15, -0.1) is 11.3 Å². The number of esters is 1. The van der Waals surface area contributed by atoms with Gasteiger partial charge in [0.2, 0.25) is 0 Å². The molecule has 162 valence electrons. The second-order valence-corrected chi connectivity index (χ2v) is 8.27. The Morgan fingerprint density at radius 3 is 2.41 bits per heavy atom. The van der Waals surface area contributed by atoms with Crippen LogP contribution in [0, 0.1) is 6.92 Å². The molecule has 4 rings (SSSR count). The van der Waals surface area contributed by atoms with E-state index in [1.165, 1.54) is 10.9 Å². The zero-order chi connectivity index (χ0) is 22.7. The van der Waals surface area contributed by atoms with Crippen LogP contribution < -0.4 is 10.5 Å². The zero-order valence-corrected chi connectivity index (χ0v) is 18.5. The lowest BCUT2D eigenvalue weighted by Crippen LogP contribution is -2.34. The number of amides is 1. The molecule has 2 aromatic carbocycles. The number of benzene rings is 2. The van der Waals surface area contributed by atoms with E-state index in [-0.39, 0.29) is 16.3 Å². The van der Waals surface area contributed by atoms with Crippen molar-refractivity contribution in [3.8, 4) is 0 Å². The van der Waals surface area contributed by atoms with Crippen LogP contribution in [-0.2, 0) is 23.1 Å². The minimum atomic E-state index is -0.645. The van der Waals surface area contributed by atoms with Crippen LogP contribution >= 0.6 is 11.3 Å². The molecule has 0 unspecified atom stereocenters. The second kappa shape index (κ2) is 9.15. The summed E-state index contributed by atoms with van der Waals surface area (Å²) in [6, 6.07) is 18.8. The number of aryl methyl sites for hydroxylation is 2. The number of ether oxygens (including phenoxy) is 1. The van der Waals surface area contributed by atoms with E-state index in [2.05, 4.69) is 4.98 Å². The molecule has 0 spiro atoms. The smallest absolute Gasteiger partial charge is 0.349 e. The predicted octanol–water partition coefficient (Wildman–Crippen LogP) is 3.69. The highest BCUT2D eigenvalue weighted by molar-refractivity contribution is 7.20. The minimum absolute atomic E-state index is 0.225. The van der Waals surface area contributed by atoms with E-state index in [1.807, 2.05) is 60.7 Å². The van der Waals surface area contributed by atoms with Crippen molar-refractivity contribution in [1.29, 1.82) is 0 Å². The van der Waals surface area contributed by atoms with Gasteiger partial charge in [-0.05, 0) is 30.2 Å². The fraction of sp³-hybridized carbons (Fsp3) is 0.167. The molecule has 2 aromatic heterocycles. The molecule has 0 N–H and O–H groups in total. The number of carbonyl (C=O) groups excluding carboxylic acids is 2. The lowest BCUT2D eigenvalue weighted by Gasteiger charge is -2.23. The number of nitrogens with zero attached hydrogens (tertiary/aromatic N) is 3. The van der Waals surface area contributed by atoms with E-state index in [1.54, 1.807) is 18.9 Å². The molecular formula is C24H21N3O4S. The molecule has 0 aliphatic heterocycles. The predicted molar refractivity (Wildman–Crippen MR) is 124 cm³/mol. The van der Waals surface area contributed by atoms with Crippen molar-refractivity contribution in [3.63, 3.8) is 0 Å². The first-order valence-electron chi connectivity index (χ1n) is 9.97. The number of hydrogen-bond donors (Lipinski definition) is 0. The third-order valence-electron chi connectivity index (χ3n) is 5.08. The monoisotopic (exact) mass is 447 g/mol. The molecule has 4 aromatic rings. The number of carbonyl (C=O) groups is 2. The van der Waals surface area contributed by atoms with Gasteiger partial charge in [-0.25, -0.2) is 9.78 Å². The van der Waals surface area contributed by atoms with Crippen LogP contribution in [0.15, 0.2) is 71.8 Å². The minimum Gasteiger partial charge on any atom is -0.451 e. The first-order chi connectivity index (χ1) is 15.5. The molecule has 1 amide bonds. The van der Waals surface area contributed by atoms with Crippen LogP contribution in [0.5, 0.6) is 0 Å². The van der Waals surface area contributed by atoms with E-state index in [0.717, 1.165) is 16.9 Å². The summed E-state index contributed by atoms with van der Waals surface area (Å²) in [5.41, 5.74) is 1.96. The molecule has 0 radical (unpaired) electrons. The maximum absolute atomic E-state index is 13.0. The topological polar surface area (TPSA) is 81.5 Å². The van der Waals surface area contributed by atoms with E-state index in [0.29, 0.717) is 28.0 Å². The van der Waals surface area contributed by atoms with Crippen LogP contribution in [0.4, 0.5) is 5.69 Å². The molecule has 32 heavy (non-hydrogen) atoms. The molecule has 0 bridgehead atoms. The fourth-order valence-corrected chi connectivity index (χ4v) is 4.40. The Kier molecular flexibility index (Phi) is 6.13. The van der Waals surface area contributed by atoms with Crippen molar-refractivity contribution in [2.45, 2.75) is 13.5 Å². The number of fused-ring (bicyclic) bond motifs is 1. The summed E-state index contributed by atoms with van der Waals surface area (Å²) in [5, 5.41) is 0.397. The molecule has 0 saturated carbocycles. The highest BCUT2D eigenvalue weighted by Crippen LogP contribution is 2.27. The van der Waals surface area contributed by atoms with Crippen LogP contribution in [0.25, 0.3) is 10.2 Å². The lowest BCUT2D eigenvalue weighted by molar-refractivity contribution is -0.121. The first kappa shape index (κ1) is 21.5. The standard InChI is InChI=1S/C24H21N3O4S/c1-16-20-22(25-15-26(2)23(20)29)32-21(16)24(30)31-14-19(28)27(18-11-7-4-8-12-18)13-17-9-5-3-6-10-17/h3-12,15H,13-14H2,1-2H3. The third kappa shape index (κ3) is 4.31. The Bertz CT molecular complexity index is 1330. The number of hydrogen-bond acceptors (Lipinski definition) is 6. The number of aromatic nitrogens is 2. The van der Waals surface area contributed by atoms with Crippen LogP contribution in [-0.4, -0.2) is 28.0 Å². The third-order valence-corrected chi connectivity index (χ3v) is 6.26. The molecule has 0 fully saturated rings. The maximum Gasteiger partial charge on any atom is 0.349 e. The van der Waals surface area contributed by atoms with E-state index in [4.69, 9.17) is 4.74 Å². The summed E-state index contributed by atoms with van der Waals surface area (Å²) >= 11 is 1.09. The Labute approximate surface area is 188 Å². The molecule has 0 aliphatic carbocycles. The van der Waals surface area contributed by atoms with Gasteiger partial charge in [0.25, 0.3) is 11.5 Å². The van der Waals surface area contributed by atoms with Crippen molar-refractivity contribution in [2.24, 2.45) is 7.05 Å². The van der Waals surface area contributed by atoms with Gasteiger partial charge >= 0.3 is 5.97 Å². The van der Waals surface area contributed by atoms with Crippen molar-refractivity contribution < 1.29 is 14.3 Å². The molecule has 0 saturated heterocycles. The second-order valence-electron chi connectivity index (χ2n) is 7.27. The molecule has 8 heteroatoms. The molecule has 0 atom stereocenters. The van der Waals surface area contributed by atoms with Gasteiger partial charge in [0.05, 0.1) is 18.3 Å². The molecule has 7 nitrogen and oxygen atoms in total. The van der Waals surface area contributed by atoms with Crippen LogP contribution in [0.3, 0.4) is 0 Å². The van der Waals surface area contributed by atoms with Crippen LogP contribution in [0.1, 0.15) is 20.8 Å². The maximum atomic E-state index is 13.0. The highest BCUT2D eigenvalue weighted by Gasteiger charge is 2.23. The average Bonchev–Trinajstić information content (AvgIpc) is 3.16. The Balaban J connectivity index is 1.54. The summed E-state index contributed by atoms with van der Waals surface area (Å²) in [5.74, 6) is -0.991. The molecule has 0 aliphatic rings. The summed E-state index contributed by atoms with van der Waals surface area (Å²) in [7, 11) is 1.60. The summed E-state index contributed by atoms with van der Waals surface area (Å²) in [4.78, 5) is 44.7. The molecular weight excluding hydrogens is 426 g/mol. The average molecular weight is 448 g/mol. The number of thiophene rings is 1. The first-order valence-corrected chi connectivity index (χ1v) is 10.8. The normalized spacial score (nSPS) is 10.8. The Hall–Kier alpha value is -3.78. The zero-order valence-electron chi connectivity index (χ0n) is 17.6. The van der Waals surface area contributed by atoms with Crippen LogP contribution in [0.2, 0.25) is 0 Å². The Morgan fingerprint density at radius 1 is 1.06 bits per heavy atom. The summed E-state index contributed by atoms with van der Waals surface area (Å²) in [6.45, 7) is 1.62.